The maximum Gasteiger partial charge on any atom is 0.341 e. The van der Waals surface area contributed by atoms with Crippen molar-refractivity contribution in [2.45, 2.75) is 46.6 Å². The highest BCUT2D eigenvalue weighted by molar-refractivity contribution is 6.30. The van der Waals surface area contributed by atoms with E-state index in [-0.39, 0.29) is 5.41 Å². The number of carbonyl (C=O) groups is 1. The van der Waals surface area contributed by atoms with Gasteiger partial charge in [0, 0.05) is 17.1 Å². The van der Waals surface area contributed by atoms with Crippen molar-refractivity contribution in [2.24, 2.45) is 5.92 Å². The molecule has 0 amide bonds. The minimum absolute atomic E-state index is 0.0699. The lowest BCUT2D eigenvalue weighted by Gasteiger charge is -2.21. The molecule has 0 saturated heterocycles. The lowest BCUT2D eigenvalue weighted by Crippen LogP contribution is -2.13. The average Bonchev–Trinajstić information content (AvgIpc) is 3.09. The highest BCUT2D eigenvalue weighted by atomic mass is 35.5. The molecule has 2 aromatic carbocycles. The summed E-state index contributed by atoms with van der Waals surface area (Å²) in [4.78, 5) is 11.1. The molecule has 1 heterocycles. The van der Waals surface area contributed by atoms with Crippen LogP contribution < -0.4 is 4.74 Å². The van der Waals surface area contributed by atoms with E-state index < -0.39 is 12.6 Å². The van der Waals surface area contributed by atoms with Gasteiger partial charge in [-0.05, 0) is 52.8 Å². The first-order valence-electron chi connectivity index (χ1n) is 10.4. The molecule has 1 aromatic heterocycles. The minimum atomic E-state index is -1.02. The zero-order chi connectivity index (χ0) is 22.8. The highest BCUT2D eigenvalue weighted by Crippen LogP contribution is 2.36. The number of aliphatic carboxylic acids is 1. The van der Waals surface area contributed by atoms with Gasteiger partial charge < -0.3 is 9.84 Å². The van der Waals surface area contributed by atoms with E-state index in [4.69, 9.17) is 26.5 Å². The van der Waals surface area contributed by atoms with Crippen LogP contribution in [0, 0.1) is 5.92 Å². The molecule has 0 radical (unpaired) electrons. The van der Waals surface area contributed by atoms with Gasteiger partial charge in [0.05, 0.1) is 11.4 Å². The number of carboxylic acid groups (broad SMARTS) is 1. The zero-order valence-corrected chi connectivity index (χ0v) is 19.4. The second kappa shape index (κ2) is 9.15. The van der Waals surface area contributed by atoms with E-state index >= 15 is 0 Å². The predicted octanol–water partition coefficient (Wildman–Crippen LogP) is 6.29. The third-order valence-corrected chi connectivity index (χ3v) is 5.18. The lowest BCUT2D eigenvalue weighted by atomic mass is 9.85. The van der Waals surface area contributed by atoms with E-state index in [1.165, 1.54) is 0 Å². The fourth-order valence-corrected chi connectivity index (χ4v) is 3.47. The average molecular weight is 441 g/mol. The molecule has 0 saturated carbocycles. The van der Waals surface area contributed by atoms with Gasteiger partial charge in [-0.1, -0.05) is 64.4 Å². The number of carboxylic acids is 1. The second-order valence-corrected chi connectivity index (χ2v) is 9.58. The molecular weight excluding hydrogens is 412 g/mol. The summed E-state index contributed by atoms with van der Waals surface area (Å²) in [6, 6.07) is 15.6. The fourth-order valence-electron chi connectivity index (χ4n) is 3.35. The summed E-state index contributed by atoms with van der Waals surface area (Å²) >= 11 is 6.08. The molecule has 0 bridgehead atoms. The van der Waals surface area contributed by atoms with Crippen molar-refractivity contribution in [3.05, 3.63) is 59.1 Å². The Balaban J connectivity index is 2.15. The molecule has 0 fully saturated rings. The van der Waals surface area contributed by atoms with Crippen molar-refractivity contribution in [3.8, 4) is 28.3 Å². The summed E-state index contributed by atoms with van der Waals surface area (Å²) in [7, 11) is 0. The number of halogens is 1. The van der Waals surface area contributed by atoms with Gasteiger partial charge in [-0.2, -0.15) is 5.10 Å². The Morgan fingerprint density at radius 3 is 2.39 bits per heavy atom. The Kier molecular flexibility index (Phi) is 6.75. The van der Waals surface area contributed by atoms with Gasteiger partial charge in [0.1, 0.15) is 5.75 Å². The molecule has 0 aliphatic rings. The standard InChI is InChI=1S/C25H29ClN2O3/c1-16(2)14-28-22(17-6-9-19(26)10-7-17)13-21(27-28)20-12-18(25(3,4)5)8-11-23(20)31-15-24(29)30/h6-13,16H,14-15H2,1-5H3,(H,29,30). The van der Waals surface area contributed by atoms with Crippen LogP contribution in [0.5, 0.6) is 5.75 Å². The topological polar surface area (TPSA) is 64.4 Å². The van der Waals surface area contributed by atoms with Crippen LogP contribution in [-0.4, -0.2) is 27.5 Å². The van der Waals surface area contributed by atoms with E-state index in [0.29, 0.717) is 16.7 Å². The molecule has 0 aliphatic carbocycles. The Morgan fingerprint density at radius 2 is 1.81 bits per heavy atom. The van der Waals surface area contributed by atoms with Crippen molar-refractivity contribution < 1.29 is 14.6 Å². The fraction of sp³-hybridized carbons (Fsp3) is 0.360. The molecule has 3 rings (SSSR count). The van der Waals surface area contributed by atoms with Crippen molar-refractivity contribution in [1.29, 1.82) is 0 Å². The Morgan fingerprint density at radius 1 is 1.13 bits per heavy atom. The SMILES string of the molecule is CC(C)Cn1nc(-c2cc(C(C)(C)C)ccc2OCC(=O)O)cc1-c1ccc(Cl)cc1. The number of benzene rings is 2. The van der Waals surface area contributed by atoms with Gasteiger partial charge in [0.2, 0.25) is 0 Å². The van der Waals surface area contributed by atoms with Crippen LogP contribution in [0.2, 0.25) is 5.02 Å². The van der Waals surface area contributed by atoms with Crippen LogP contribution in [0.3, 0.4) is 0 Å². The minimum Gasteiger partial charge on any atom is -0.481 e. The highest BCUT2D eigenvalue weighted by Gasteiger charge is 2.20. The van der Waals surface area contributed by atoms with E-state index in [2.05, 4.69) is 34.6 Å². The summed E-state index contributed by atoms with van der Waals surface area (Å²) in [6.45, 7) is 11.1. The quantitative estimate of drug-likeness (QED) is 0.469. The van der Waals surface area contributed by atoms with E-state index in [0.717, 1.165) is 34.6 Å². The van der Waals surface area contributed by atoms with E-state index in [9.17, 15) is 4.79 Å². The van der Waals surface area contributed by atoms with Crippen LogP contribution in [-0.2, 0) is 16.8 Å². The molecule has 0 aliphatic heterocycles. The molecule has 164 valence electrons. The molecule has 6 heteroatoms. The molecule has 0 spiro atoms. The summed E-state index contributed by atoms with van der Waals surface area (Å²) in [5.74, 6) is -0.104. The maximum atomic E-state index is 11.1. The predicted molar refractivity (Wildman–Crippen MR) is 125 cm³/mol. The first kappa shape index (κ1) is 22.9. The monoisotopic (exact) mass is 440 g/mol. The number of rotatable bonds is 7. The van der Waals surface area contributed by atoms with Gasteiger partial charge in [0.25, 0.3) is 0 Å². The summed E-state index contributed by atoms with van der Waals surface area (Å²) in [5.41, 5.74) is 4.58. The van der Waals surface area contributed by atoms with Gasteiger partial charge in [-0.3, -0.25) is 4.68 Å². The Bertz CT molecular complexity index is 1060. The Hall–Kier alpha value is -2.79. The first-order valence-corrected chi connectivity index (χ1v) is 10.8. The number of nitrogens with zero attached hydrogens (tertiary/aromatic N) is 2. The number of hydrogen-bond acceptors (Lipinski definition) is 3. The van der Waals surface area contributed by atoms with Crippen LogP contribution in [0.1, 0.15) is 40.2 Å². The maximum absolute atomic E-state index is 11.1. The largest absolute Gasteiger partial charge is 0.481 e. The summed E-state index contributed by atoms with van der Waals surface area (Å²) < 4.78 is 7.60. The molecule has 31 heavy (non-hydrogen) atoms. The lowest BCUT2D eigenvalue weighted by molar-refractivity contribution is -0.139. The van der Waals surface area contributed by atoms with Crippen molar-refractivity contribution in [3.63, 3.8) is 0 Å². The molecule has 5 nitrogen and oxygen atoms in total. The van der Waals surface area contributed by atoms with Crippen LogP contribution in [0.25, 0.3) is 22.5 Å². The van der Waals surface area contributed by atoms with Crippen molar-refractivity contribution >= 4 is 17.6 Å². The third-order valence-electron chi connectivity index (χ3n) is 4.93. The van der Waals surface area contributed by atoms with Crippen LogP contribution in [0.15, 0.2) is 48.5 Å². The first-order chi connectivity index (χ1) is 14.5. The van der Waals surface area contributed by atoms with Crippen LogP contribution in [0.4, 0.5) is 0 Å². The zero-order valence-electron chi connectivity index (χ0n) is 18.6. The van der Waals surface area contributed by atoms with Crippen LogP contribution >= 0.6 is 11.6 Å². The number of aromatic nitrogens is 2. The normalized spacial score (nSPS) is 11.7. The molecule has 0 atom stereocenters. The van der Waals surface area contributed by atoms with E-state index in [1.54, 1.807) is 0 Å². The molecule has 1 N–H and O–H groups in total. The summed E-state index contributed by atoms with van der Waals surface area (Å²) in [5, 5.41) is 14.7. The molecule has 0 unspecified atom stereocenters. The van der Waals surface area contributed by atoms with Gasteiger partial charge in [-0.25, -0.2) is 4.79 Å². The van der Waals surface area contributed by atoms with Gasteiger partial charge in [-0.15, -0.1) is 0 Å². The van der Waals surface area contributed by atoms with Gasteiger partial charge in [0.15, 0.2) is 6.61 Å². The van der Waals surface area contributed by atoms with Gasteiger partial charge >= 0.3 is 5.97 Å². The van der Waals surface area contributed by atoms with Crippen molar-refractivity contribution in [1.82, 2.24) is 9.78 Å². The molecular formula is C25H29ClN2O3. The third kappa shape index (κ3) is 5.67. The van der Waals surface area contributed by atoms with Crippen molar-refractivity contribution in [2.75, 3.05) is 6.61 Å². The Labute approximate surface area is 188 Å². The number of ether oxygens (including phenoxy) is 1. The summed E-state index contributed by atoms with van der Waals surface area (Å²) in [6.07, 6.45) is 0. The molecule has 3 aromatic rings. The van der Waals surface area contributed by atoms with E-state index in [1.807, 2.05) is 53.2 Å². The second-order valence-electron chi connectivity index (χ2n) is 9.14. The number of hydrogen-bond donors (Lipinski definition) is 1. The smallest absolute Gasteiger partial charge is 0.341 e.